The van der Waals surface area contributed by atoms with Gasteiger partial charge in [-0.25, -0.2) is 4.98 Å². The number of rotatable bonds is 2. The van der Waals surface area contributed by atoms with Crippen molar-refractivity contribution in [3.05, 3.63) is 35.1 Å². The summed E-state index contributed by atoms with van der Waals surface area (Å²) in [6.07, 6.45) is 3.65. The third-order valence-electron chi connectivity index (χ3n) is 1.11. The van der Waals surface area contributed by atoms with Gasteiger partial charge in [-0.05, 0) is 18.2 Å². The highest BCUT2D eigenvalue weighted by molar-refractivity contribution is 6.29. The van der Waals surface area contributed by atoms with Crippen LogP contribution in [0.5, 0.6) is 0 Å². The topological polar surface area (TPSA) is 12.9 Å². The summed E-state index contributed by atoms with van der Waals surface area (Å²) >= 11 is 11.1. The lowest BCUT2D eigenvalue weighted by molar-refractivity contribution is 1.29. The summed E-state index contributed by atoms with van der Waals surface area (Å²) in [5.41, 5.74) is 0.832. The lowest BCUT2D eigenvalue weighted by Gasteiger charge is -1.91. The maximum Gasteiger partial charge on any atom is 0.129 e. The molecule has 0 saturated carbocycles. The summed E-state index contributed by atoms with van der Waals surface area (Å²) in [7, 11) is 0. The Bertz CT molecular complexity index is 260. The van der Waals surface area contributed by atoms with Crippen molar-refractivity contribution in [1.82, 2.24) is 4.98 Å². The average Bonchev–Trinajstić information content (AvgIpc) is 2.01. The molecule has 12 heavy (non-hydrogen) atoms. The van der Waals surface area contributed by atoms with Gasteiger partial charge in [0.2, 0.25) is 0 Å². The van der Waals surface area contributed by atoms with Gasteiger partial charge in [-0.1, -0.05) is 23.7 Å². The van der Waals surface area contributed by atoms with Crippen molar-refractivity contribution in [1.29, 1.82) is 0 Å². The molecule has 0 saturated heterocycles. The monoisotopic (exact) mass is 223 g/mol. The van der Waals surface area contributed by atoms with E-state index in [1.165, 1.54) is 0 Å². The molecule has 0 aliphatic rings. The van der Waals surface area contributed by atoms with Gasteiger partial charge in [0.25, 0.3) is 0 Å². The van der Waals surface area contributed by atoms with E-state index in [0.717, 1.165) is 5.69 Å². The molecule has 0 fully saturated rings. The molecule has 0 N–H and O–H groups in total. The summed E-state index contributed by atoms with van der Waals surface area (Å²) in [5, 5.41) is 0.502. The maximum atomic E-state index is 5.65. The molecule has 0 unspecified atom stereocenters. The van der Waals surface area contributed by atoms with Crippen LogP contribution in [0.25, 0.3) is 6.08 Å². The standard InChI is InChI=1S/C8H7Cl2N.ClH/c9-6-2-4-7-3-1-5-8(10)11-7;/h1-5H,6H2;1H/b4-2+;. The SMILES string of the molecule is Cl.ClC/C=C/c1cccc(Cl)n1. The predicted molar refractivity (Wildman–Crippen MR) is 56.2 cm³/mol. The maximum absolute atomic E-state index is 5.65. The highest BCUT2D eigenvalue weighted by atomic mass is 35.5. The molecule has 1 nitrogen and oxygen atoms in total. The molecule has 66 valence electrons. The third kappa shape index (κ3) is 3.96. The molecule has 0 bridgehead atoms. The van der Waals surface area contributed by atoms with E-state index in [-0.39, 0.29) is 12.4 Å². The Kier molecular flexibility index (Phi) is 6.17. The zero-order valence-electron chi connectivity index (χ0n) is 6.21. The van der Waals surface area contributed by atoms with Crippen LogP contribution in [0.2, 0.25) is 5.15 Å². The van der Waals surface area contributed by atoms with Gasteiger partial charge >= 0.3 is 0 Å². The number of halogens is 3. The number of alkyl halides is 1. The fourth-order valence-corrected chi connectivity index (χ4v) is 0.941. The molecule has 0 radical (unpaired) electrons. The van der Waals surface area contributed by atoms with Crippen molar-refractivity contribution >= 4 is 41.7 Å². The summed E-state index contributed by atoms with van der Waals surface area (Å²) in [6.45, 7) is 0. The molecule has 1 aromatic rings. The Balaban J connectivity index is 0.00000121. The van der Waals surface area contributed by atoms with Gasteiger partial charge in [0.1, 0.15) is 5.15 Å². The van der Waals surface area contributed by atoms with Gasteiger partial charge in [-0.15, -0.1) is 24.0 Å². The molecular weight excluding hydrogens is 216 g/mol. The van der Waals surface area contributed by atoms with Gasteiger partial charge in [0.15, 0.2) is 0 Å². The Morgan fingerprint density at radius 2 is 2.17 bits per heavy atom. The second-order valence-corrected chi connectivity index (χ2v) is 2.64. The van der Waals surface area contributed by atoms with Crippen LogP contribution in [0.4, 0.5) is 0 Å². The molecule has 4 heteroatoms. The molecule has 1 rings (SSSR count). The van der Waals surface area contributed by atoms with Crippen molar-refractivity contribution in [2.45, 2.75) is 0 Å². The molecule has 0 spiro atoms. The number of hydrogen-bond acceptors (Lipinski definition) is 1. The van der Waals surface area contributed by atoms with Gasteiger partial charge in [-0.3, -0.25) is 0 Å². The highest BCUT2D eigenvalue weighted by Crippen LogP contribution is 2.06. The van der Waals surface area contributed by atoms with Gasteiger partial charge in [0.05, 0.1) is 5.69 Å². The first-order valence-electron chi connectivity index (χ1n) is 3.18. The number of allylic oxidation sites excluding steroid dienone is 1. The molecule has 0 amide bonds. The minimum Gasteiger partial charge on any atom is -0.237 e. The Morgan fingerprint density at radius 1 is 1.42 bits per heavy atom. The van der Waals surface area contributed by atoms with E-state index in [2.05, 4.69) is 4.98 Å². The molecule has 1 heterocycles. The lowest BCUT2D eigenvalue weighted by atomic mass is 10.3. The van der Waals surface area contributed by atoms with Crippen LogP contribution in [0.15, 0.2) is 24.3 Å². The zero-order chi connectivity index (χ0) is 8.10. The van der Waals surface area contributed by atoms with Crippen molar-refractivity contribution in [2.75, 3.05) is 5.88 Å². The van der Waals surface area contributed by atoms with E-state index in [9.17, 15) is 0 Å². The van der Waals surface area contributed by atoms with Crippen molar-refractivity contribution in [3.63, 3.8) is 0 Å². The van der Waals surface area contributed by atoms with Crippen molar-refractivity contribution < 1.29 is 0 Å². The van der Waals surface area contributed by atoms with Crippen LogP contribution in [0.1, 0.15) is 5.69 Å². The molecule has 0 aliphatic heterocycles. The highest BCUT2D eigenvalue weighted by Gasteiger charge is 1.88. The van der Waals surface area contributed by atoms with E-state index in [1.54, 1.807) is 6.07 Å². The minimum absolute atomic E-state index is 0. The van der Waals surface area contributed by atoms with Crippen molar-refractivity contribution in [2.24, 2.45) is 0 Å². The first-order chi connectivity index (χ1) is 5.33. The van der Waals surface area contributed by atoms with E-state index < -0.39 is 0 Å². The Labute approximate surface area is 87.8 Å². The summed E-state index contributed by atoms with van der Waals surface area (Å²) in [6, 6.07) is 5.46. The number of aromatic nitrogens is 1. The van der Waals surface area contributed by atoms with Crippen LogP contribution in [0.3, 0.4) is 0 Å². The van der Waals surface area contributed by atoms with E-state index in [1.807, 2.05) is 24.3 Å². The molecular formula is C8H8Cl3N. The second kappa shape index (κ2) is 6.30. The Hall–Kier alpha value is -0.240. The molecule has 0 atom stereocenters. The Morgan fingerprint density at radius 3 is 2.75 bits per heavy atom. The fraction of sp³-hybridized carbons (Fsp3) is 0.125. The number of pyridine rings is 1. The number of hydrogen-bond donors (Lipinski definition) is 0. The third-order valence-corrected chi connectivity index (χ3v) is 1.50. The predicted octanol–water partition coefficient (Wildman–Crippen LogP) is 3.41. The first-order valence-corrected chi connectivity index (χ1v) is 4.09. The fourth-order valence-electron chi connectivity index (χ4n) is 0.682. The first kappa shape index (κ1) is 11.8. The second-order valence-electron chi connectivity index (χ2n) is 1.94. The smallest absolute Gasteiger partial charge is 0.129 e. The summed E-state index contributed by atoms with van der Waals surface area (Å²) < 4.78 is 0. The minimum atomic E-state index is 0. The van der Waals surface area contributed by atoms with E-state index >= 15 is 0 Å². The van der Waals surface area contributed by atoms with Crippen molar-refractivity contribution in [3.8, 4) is 0 Å². The van der Waals surface area contributed by atoms with Crippen LogP contribution >= 0.6 is 35.6 Å². The zero-order valence-corrected chi connectivity index (χ0v) is 8.53. The van der Waals surface area contributed by atoms with E-state index in [0.29, 0.717) is 11.0 Å². The average molecular weight is 225 g/mol. The van der Waals surface area contributed by atoms with Crippen LogP contribution < -0.4 is 0 Å². The molecule has 0 aromatic carbocycles. The number of nitrogens with zero attached hydrogens (tertiary/aromatic N) is 1. The van der Waals surface area contributed by atoms with Gasteiger partial charge in [-0.2, -0.15) is 0 Å². The normalized spacial score (nSPS) is 9.83. The quantitative estimate of drug-likeness (QED) is 0.554. The molecule has 1 aromatic heterocycles. The van der Waals surface area contributed by atoms with Crippen LogP contribution in [0, 0.1) is 0 Å². The van der Waals surface area contributed by atoms with Gasteiger partial charge in [0, 0.05) is 5.88 Å². The van der Waals surface area contributed by atoms with Crippen LogP contribution in [-0.4, -0.2) is 10.9 Å². The summed E-state index contributed by atoms with van der Waals surface area (Å²) in [5.74, 6) is 0.494. The van der Waals surface area contributed by atoms with Crippen LogP contribution in [-0.2, 0) is 0 Å². The lowest BCUT2D eigenvalue weighted by Crippen LogP contribution is -1.79. The molecule has 0 aliphatic carbocycles. The van der Waals surface area contributed by atoms with Gasteiger partial charge < -0.3 is 0 Å². The van der Waals surface area contributed by atoms with E-state index in [4.69, 9.17) is 23.2 Å². The largest absolute Gasteiger partial charge is 0.237 e. The summed E-state index contributed by atoms with van der Waals surface area (Å²) in [4.78, 5) is 4.03.